The Balaban J connectivity index is 1.32. The van der Waals surface area contributed by atoms with E-state index in [9.17, 15) is 13.2 Å². The zero-order valence-corrected chi connectivity index (χ0v) is 18.4. The van der Waals surface area contributed by atoms with Crippen LogP contribution in [0.1, 0.15) is 12.8 Å². The minimum absolute atomic E-state index is 0.118. The lowest BCUT2D eigenvalue weighted by Gasteiger charge is -2.30. The van der Waals surface area contributed by atoms with Gasteiger partial charge in [-0.15, -0.1) is 0 Å². The highest BCUT2D eigenvalue weighted by Crippen LogP contribution is 2.28. The Kier molecular flexibility index (Phi) is 6.87. The van der Waals surface area contributed by atoms with Crippen LogP contribution >= 0.6 is 0 Å². The molecule has 1 fully saturated rings. The van der Waals surface area contributed by atoms with Crippen LogP contribution in [0, 0.1) is 5.92 Å². The zero-order chi connectivity index (χ0) is 22.4. The van der Waals surface area contributed by atoms with Crippen LogP contribution in [0.5, 0.6) is 5.75 Å². The van der Waals surface area contributed by atoms with Gasteiger partial charge in [-0.3, -0.25) is 4.79 Å². The second-order valence-corrected chi connectivity index (χ2v) is 9.56. The van der Waals surface area contributed by atoms with E-state index in [1.807, 2.05) is 29.0 Å². The minimum Gasteiger partial charge on any atom is -0.490 e. The number of para-hydroxylation sites is 2. The van der Waals surface area contributed by atoms with Gasteiger partial charge in [-0.1, -0.05) is 30.3 Å². The van der Waals surface area contributed by atoms with Crippen molar-refractivity contribution in [2.45, 2.75) is 24.3 Å². The molecule has 3 aromatic rings. The number of hydrogen-bond acceptors (Lipinski definition) is 5. The van der Waals surface area contributed by atoms with E-state index in [1.54, 1.807) is 48.9 Å². The zero-order valence-electron chi connectivity index (χ0n) is 17.6. The van der Waals surface area contributed by atoms with Crippen LogP contribution in [0.4, 0.5) is 5.69 Å². The number of nitrogens with zero attached hydrogens (tertiary/aromatic N) is 3. The molecule has 0 bridgehead atoms. The molecule has 4 rings (SSSR count). The van der Waals surface area contributed by atoms with Gasteiger partial charge >= 0.3 is 0 Å². The van der Waals surface area contributed by atoms with E-state index in [2.05, 4.69) is 10.3 Å². The first-order valence-corrected chi connectivity index (χ1v) is 12.0. The molecule has 0 radical (unpaired) electrons. The minimum atomic E-state index is -3.53. The van der Waals surface area contributed by atoms with Gasteiger partial charge in [-0.05, 0) is 37.1 Å². The highest BCUT2D eigenvalue weighted by atomic mass is 32.2. The van der Waals surface area contributed by atoms with E-state index < -0.39 is 10.0 Å². The molecular formula is C23H26N4O4S. The summed E-state index contributed by atoms with van der Waals surface area (Å²) in [5.74, 6) is 0.230. The van der Waals surface area contributed by atoms with Gasteiger partial charge in [0, 0.05) is 31.4 Å². The average Bonchev–Trinajstić information content (AvgIpc) is 3.34. The maximum absolute atomic E-state index is 12.9. The fourth-order valence-electron chi connectivity index (χ4n) is 3.71. The van der Waals surface area contributed by atoms with Crippen LogP contribution in [0.25, 0.3) is 0 Å². The number of nitrogens with one attached hydrogen (secondary N) is 1. The highest BCUT2D eigenvalue weighted by Gasteiger charge is 2.32. The van der Waals surface area contributed by atoms with Crippen molar-refractivity contribution in [3.8, 4) is 5.75 Å². The predicted octanol–water partition coefficient (Wildman–Crippen LogP) is 3.00. The molecule has 1 aliphatic heterocycles. The van der Waals surface area contributed by atoms with Gasteiger partial charge in [0.15, 0.2) is 0 Å². The number of carbonyl (C=O) groups is 1. The molecule has 1 N–H and O–H groups in total. The number of hydrogen-bond donors (Lipinski definition) is 1. The van der Waals surface area contributed by atoms with E-state index >= 15 is 0 Å². The standard InChI is InChI=1S/C23H26N4O4S/c28-23(19-10-13-27(14-11-19)32(29,30)20-6-2-1-3-7-20)25-21-8-4-5-9-22(21)31-17-16-26-15-12-24-18-26/h1-9,12,15,18-19H,10-11,13-14,16-17H2,(H,25,28). The maximum atomic E-state index is 12.9. The van der Waals surface area contributed by atoms with E-state index in [1.165, 1.54) is 4.31 Å². The number of ether oxygens (including phenoxy) is 1. The van der Waals surface area contributed by atoms with Crippen molar-refractivity contribution in [1.29, 1.82) is 0 Å². The third-order valence-electron chi connectivity index (χ3n) is 5.52. The first kappa shape index (κ1) is 22.0. The van der Waals surface area contributed by atoms with Crippen molar-refractivity contribution in [3.63, 3.8) is 0 Å². The van der Waals surface area contributed by atoms with Gasteiger partial charge in [0.05, 0.1) is 23.5 Å². The fourth-order valence-corrected chi connectivity index (χ4v) is 5.20. The van der Waals surface area contributed by atoms with Crippen LogP contribution in [0.15, 0.2) is 78.2 Å². The van der Waals surface area contributed by atoms with Crippen molar-refractivity contribution >= 4 is 21.6 Å². The number of amides is 1. The van der Waals surface area contributed by atoms with Crippen molar-refractivity contribution in [3.05, 3.63) is 73.3 Å². The van der Waals surface area contributed by atoms with Gasteiger partial charge in [-0.2, -0.15) is 4.31 Å². The van der Waals surface area contributed by atoms with Crippen LogP contribution in [0.3, 0.4) is 0 Å². The second-order valence-electron chi connectivity index (χ2n) is 7.63. The Labute approximate surface area is 187 Å². The summed E-state index contributed by atoms with van der Waals surface area (Å²) >= 11 is 0. The first-order chi connectivity index (χ1) is 15.5. The highest BCUT2D eigenvalue weighted by molar-refractivity contribution is 7.89. The number of rotatable bonds is 8. The Hall–Kier alpha value is -3.17. The van der Waals surface area contributed by atoms with Gasteiger partial charge in [0.1, 0.15) is 12.4 Å². The third-order valence-corrected chi connectivity index (χ3v) is 7.43. The molecule has 2 heterocycles. The summed E-state index contributed by atoms with van der Waals surface area (Å²) in [6.07, 6.45) is 6.25. The van der Waals surface area contributed by atoms with Crippen LogP contribution in [-0.4, -0.2) is 47.9 Å². The molecule has 0 aliphatic carbocycles. The summed E-state index contributed by atoms with van der Waals surface area (Å²) in [6.45, 7) is 1.73. The molecule has 1 aliphatic rings. The van der Waals surface area contributed by atoms with Crippen molar-refractivity contribution in [2.75, 3.05) is 25.0 Å². The third kappa shape index (κ3) is 5.17. The van der Waals surface area contributed by atoms with Crippen LogP contribution < -0.4 is 10.1 Å². The Bertz CT molecular complexity index is 1130. The van der Waals surface area contributed by atoms with Gasteiger partial charge < -0.3 is 14.6 Å². The van der Waals surface area contributed by atoms with Gasteiger partial charge in [0.2, 0.25) is 15.9 Å². The Morgan fingerprint density at radius 2 is 1.78 bits per heavy atom. The van der Waals surface area contributed by atoms with E-state index in [0.29, 0.717) is 50.5 Å². The molecule has 1 saturated heterocycles. The Morgan fingerprint density at radius 3 is 2.50 bits per heavy atom. The van der Waals surface area contributed by atoms with Crippen molar-refractivity contribution in [2.24, 2.45) is 5.92 Å². The van der Waals surface area contributed by atoms with E-state index in [4.69, 9.17) is 4.74 Å². The van der Waals surface area contributed by atoms with Crippen molar-refractivity contribution in [1.82, 2.24) is 13.9 Å². The summed E-state index contributed by atoms with van der Waals surface area (Å²) in [7, 11) is -3.53. The smallest absolute Gasteiger partial charge is 0.243 e. The number of carbonyl (C=O) groups excluding carboxylic acids is 1. The fraction of sp³-hybridized carbons (Fsp3) is 0.304. The topological polar surface area (TPSA) is 93.5 Å². The van der Waals surface area contributed by atoms with Crippen LogP contribution in [-0.2, 0) is 21.4 Å². The van der Waals surface area contributed by atoms with Gasteiger partial charge in [-0.25, -0.2) is 13.4 Å². The lowest BCUT2D eigenvalue weighted by molar-refractivity contribution is -0.120. The molecule has 0 spiro atoms. The predicted molar refractivity (Wildman–Crippen MR) is 121 cm³/mol. The molecule has 2 aromatic carbocycles. The molecule has 1 amide bonds. The van der Waals surface area contributed by atoms with E-state index in [-0.39, 0.29) is 16.7 Å². The molecule has 32 heavy (non-hydrogen) atoms. The summed E-state index contributed by atoms with van der Waals surface area (Å²) in [6, 6.07) is 15.7. The molecule has 1 aromatic heterocycles. The average molecular weight is 455 g/mol. The number of sulfonamides is 1. The summed E-state index contributed by atoms with van der Waals surface area (Å²) < 4.78 is 34.8. The molecule has 168 valence electrons. The van der Waals surface area contributed by atoms with Crippen LogP contribution in [0.2, 0.25) is 0 Å². The maximum Gasteiger partial charge on any atom is 0.243 e. The number of piperidine rings is 1. The van der Waals surface area contributed by atoms with Gasteiger partial charge in [0.25, 0.3) is 0 Å². The molecule has 0 atom stereocenters. The molecule has 0 saturated carbocycles. The number of anilines is 1. The summed E-state index contributed by atoms with van der Waals surface area (Å²) in [4.78, 5) is 17.1. The normalized spacial score (nSPS) is 15.4. The lowest BCUT2D eigenvalue weighted by Crippen LogP contribution is -2.41. The summed E-state index contributed by atoms with van der Waals surface area (Å²) in [5, 5.41) is 2.96. The monoisotopic (exact) mass is 454 g/mol. The Morgan fingerprint density at radius 1 is 1.06 bits per heavy atom. The quantitative estimate of drug-likeness (QED) is 0.565. The molecule has 8 nitrogen and oxygen atoms in total. The number of imidazole rings is 1. The number of benzene rings is 2. The first-order valence-electron chi connectivity index (χ1n) is 10.6. The van der Waals surface area contributed by atoms with E-state index in [0.717, 1.165) is 0 Å². The number of aromatic nitrogens is 2. The SMILES string of the molecule is O=C(Nc1ccccc1OCCn1ccnc1)C1CCN(S(=O)(=O)c2ccccc2)CC1. The summed E-state index contributed by atoms with van der Waals surface area (Å²) in [5.41, 5.74) is 0.613. The van der Waals surface area contributed by atoms with Crippen molar-refractivity contribution < 1.29 is 17.9 Å². The largest absolute Gasteiger partial charge is 0.490 e. The molecule has 9 heteroatoms. The second kappa shape index (κ2) is 9.97. The molecule has 0 unspecified atom stereocenters. The lowest BCUT2D eigenvalue weighted by atomic mass is 9.97. The molecular weight excluding hydrogens is 428 g/mol.